The third-order valence-electron chi connectivity index (χ3n) is 2.77. The van der Waals surface area contributed by atoms with Gasteiger partial charge in [0.1, 0.15) is 11.9 Å². The first kappa shape index (κ1) is 10.8. The molecule has 1 aliphatic rings. The number of rotatable bonds is 2. The number of pyridine rings is 1. The third-order valence-corrected chi connectivity index (χ3v) is 2.77. The SMILES string of the molecule is CC1(O)CCN(c2ccncc2[N+](=O)[O-])C1. The van der Waals surface area contributed by atoms with E-state index in [0.717, 1.165) is 0 Å². The van der Waals surface area contributed by atoms with Crippen molar-refractivity contribution in [1.29, 1.82) is 0 Å². The second-order valence-corrected chi connectivity index (χ2v) is 4.29. The van der Waals surface area contributed by atoms with Gasteiger partial charge in [0, 0.05) is 19.3 Å². The minimum Gasteiger partial charge on any atom is -0.388 e. The molecule has 0 aliphatic carbocycles. The summed E-state index contributed by atoms with van der Waals surface area (Å²) in [4.78, 5) is 15.9. The molecule has 6 heteroatoms. The van der Waals surface area contributed by atoms with Gasteiger partial charge < -0.3 is 10.0 Å². The zero-order chi connectivity index (χ0) is 11.8. The zero-order valence-corrected chi connectivity index (χ0v) is 8.96. The standard InChI is InChI=1S/C10H13N3O3/c1-10(14)3-5-12(7-10)8-2-4-11-6-9(8)13(15)16/h2,4,6,14H,3,5,7H2,1H3. The fourth-order valence-corrected chi connectivity index (χ4v) is 1.94. The van der Waals surface area contributed by atoms with Gasteiger partial charge in [0.2, 0.25) is 0 Å². The van der Waals surface area contributed by atoms with Crippen molar-refractivity contribution in [3.63, 3.8) is 0 Å². The molecular formula is C10H13N3O3. The summed E-state index contributed by atoms with van der Waals surface area (Å²) in [5, 5.41) is 20.6. The highest BCUT2D eigenvalue weighted by Gasteiger charge is 2.34. The van der Waals surface area contributed by atoms with Gasteiger partial charge in [-0.15, -0.1) is 0 Å². The van der Waals surface area contributed by atoms with Crippen molar-refractivity contribution in [2.75, 3.05) is 18.0 Å². The first-order valence-corrected chi connectivity index (χ1v) is 5.05. The Bertz CT molecular complexity index is 420. The number of aliphatic hydroxyl groups is 1. The lowest BCUT2D eigenvalue weighted by molar-refractivity contribution is -0.384. The number of hydrogen-bond donors (Lipinski definition) is 1. The molecule has 0 bridgehead atoms. The summed E-state index contributed by atoms with van der Waals surface area (Å²) in [6.07, 6.45) is 3.38. The molecule has 1 aromatic rings. The first-order chi connectivity index (χ1) is 7.49. The quantitative estimate of drug-likeness (QED) is 0.596. The third kappa shape index (κ3) is 1.96. The van der Waals surface area contributed by atoms with Gasteiger partial charge in [0.25, 0.3) is 0 Å². The van der Waals surface area contributed by atoms with Gasteiger partial charge in [0.05, 0.1) is 10.5 Å². The Morgan fingerprint density at radius 2 is 2.44 bits per heavy atom. The van der Waals surface area contributed by atoms with Gasteiger partial charge in [0.15, 0.2) is 0 Å². The summed E-state index contributed by atoms with van der Waals surface area (Å²) in [6, 6.07) is 1.61. The fourth-order valence-electron chi connectivity index (χ4n) is 1.94. The Kier molecular flexibility index (Phi) is 2.51. The summed E-state index contributed by atoms with van der Waals surface area (Å²) in [6.45, 7) is 2.77. The molecule has 86 valence electrons. The van der Waals surface area contributed by atoms with Crippen LogP contribution in [-0.4, -0.2) is 33.7 Å². The van der Waals surface area contributed by atoms with E-state index >= 15 is 0 Å². The van der Waals surface area contributed by atoms with Crippen LogP contribution in [0.2, 0.25) is 0 Å². The van der Waals surface area contributed by atoms with Gasteiger partial charge in [-0.05, 0) is 19.4 Å². The van der Waals surface area contributed by atoms with Crippen LogP contribution >= 0.6 is 0 Å². The summed E-state index contributed by atoms with van der Waals surface area (Å²) in [7, 11) is 0. The Morgan fingerprint density at radius 1 is 1.69 bits per heavy atom. The molecule has 1 aromatic heterocycles. The van der Waals surface area contributed by atoms with Crippen molar-refractivity contribution in [2.45, 2.75) is 18.9 Å². The highest BCUT2D eigenvalue weighted by molar-refractivity contribution is 5.62. The van der Waals surface area contributed by atoms with Gasteiger partial charge >= 0.3 is 5.69 Å². The Hall–Kier alpha value is -1.69. The van der Waals surface area contributed by atoms with Crippen molar-refractivity contribution >= 4 is 11.4 Å². The van der Waals surface area contributed by atoms with Gasteiger partial charge in [-0.3, -0.25) is 15.1 Å². The molecule has 2 rings (SSSR count). The Labute approximate surface area is 92.7 Å². The van der Waals surface area contributed by atoms with Crippen molar-refractivity contribution in [3.05, 3.63) is 28.6 Å². The monoisotopic (exact) mass is 223 g/mol. The van der Waals surface area contributed by atoms with E-state index in [1.807, 2.05) is 4.90 Å². The highest BCUT2D eigenvalue weighted by Crippen LogP contribution is 2.32. The van der Waals surface area contributed by atoms with Crippen LogP contribution in [0.15, 0.2) is 18.5 Å². The van der Waals surface area contributed by atoms with Crippen LogP contribution in [-0.2, 0) is 0 Å². The minimum absolute atomic E-state index is 0.0137. The molecule has 0 amide bonds. The Balaban J connectivity index is 2.31. The molecule has 1 aliphatic heterocycles. The molecule has 0 aromatic carbocycles. The topological polar surface area (TPSA) is 79.5 Å². The first-order valence-electron chi connectivity index (χ1n) is 5.05. The van der Waals surface area contributed by atoms with E-state index in [1.165, 1.54) is 12.4 Å². The maximum absolute atomic E-state index is 10.8. The van der Waals surface area contributed by atoms with E-state index in [2.05, 4.69) is 4.98 Å². The number of nitrogens with zero attached hydrogens (tertiary/aromatic N) is 3. The van der Waals surface area contributed by atoms with E-state index in [1.54, 1.807) is 13.0 Å². The van der Waals surface area contributed by atoms with Crippen LogP contribution in [0.3, 0.4) is 0 Å². The van der Waals surface area contributed by atoms with Crippen LogP contribution in [0.1, 0.15) is 13.3 Å². The summed E-state index contributed by atoms with van der Waals surface area (Å²) >= 11 is 0. The molecule has 0 radical (unpaired) electrons. The summed E-state index contributed by atoms with van der Waals surface area (Å²) in [5.74, 6) is 0. The average molecular weight is 223 g/mol. The number of nitro groups is 1. The molecule has 16 heavy (non-hydrogen) atoms. The maximum Gasteiger partial charge on any atom is 0.310 e. The van der Waals surface area contributed by atoms with Crippen molar-refractivity contribution in [1.82, 2.24) is 4.98 Å². The lowest BCUT2D eigenvalue weighted by Gasteiger charge is -2.20. The lowest BCUT2D eigenvalue weighted by atomic mass is 10.1. The van der Waals surface area contributed by atoms with Crippen LogP contribution in [0.5, 0.6) is 0 Å². The average Bonchev–Trinajstić information content (AvgIpc) is 2.59. The molecule has 1 saturated heterocycles. The van der Waals surface area contributed by atoms with Gasteiger partial charge in [-0.1, -0.05) is 0 Å². The predicted molar refractivity (Wildman–Crippen MR) is 58.3 cm³/mol. The van der Waals surface area contributed by atoms with Gasteiger partial charge in [-0.2, -0.15) is 0 Å². The van der Waals surface area contributed by atoms with E-state index in [4.69, 9.17) is 0 Å². The van der Waals surface area contributed by atoms with Crippen LogP contribution < -0.4 is 4.90 Å². The van der Waals surface area contributed by atoms with Crippen molar-refractivity contribution < 1.29 is 10.0 Å². The van der Waals surface area contributed by atoms with E-state index < -0.39 is 10.5 Å². The minimum atomic E-state index is -0.767. The predicted octanol–water partition coefficient (Wildman–Crippen LogP) is 0.951. The Morgan fingerprint density at radius 3 is 3.00 bits per heavy atom. The molecule has 0 spiro atoms. The zero-order valence-electron chi connectivity index (χ0n) is 8.96. The number of hydrogen-bond acceptors (Lipinski definition) is 5. The smallest absolute Gasteiger partial charge is 0.310 e. The number of anilines is 1. The van der Waals surface area contributed by atoms with E-state index in [-0.39, 0.29) is 5.69 Å². The number of aromatic nitrogens is 1. The van der Waals surface area contributed by atoms with Crippen LogP contribution in [0.25, 0.3) is 0 Å². The normalized spacial score (nSPS) is 24.8. The van der Waals surface area contributed by atoms with Crippen molar-refractivity contribution in [2.24, 2.45) is 0 Å². The summed E-state index contributed by atoms with van der Waals surface area (Å²) in [5.41, 5.74) is -0.255. The molecule has 0 saturated carbocycles. The molecule has 1 unspecified atom stereocenters. The maximum atomic E-state index is 10.8. The molecule has 6 nitrogen and oxygen atoms in total. The van der Waals surface area contributed by atoms with Crippen LogP contribution in [0.4, 0.5) is 11.4 Å². The van der Waals surface area contributed by atoms with Gasteiger partial charge in [-0.25, -0.2) is 0 Å². The molecule has 1 N–H and O–H groups in total. The largest absolute Gasteiger partial charge is 0.388 e. The van der Waals surface area contributed by atoms with Crippen molar-refractivity contribution in [3.8, 4) is 0 Å². The fraction of sp³-hybridized carbons (Fsp3) is 0.500. The molecule has 1 atom stereocenters. The molecule has 2 heterocycles. The number of β-amino-alcohol motifs (C(OH)–C–C–N with tert-alkyl or cyclic N) is 1. The lowest BCUT2D eigenvalue weighted by Crippen LogP contribution is -2.29. The summed E-state index contributed by atoms with van der Waals surface area (Å²) < 4.78 is 0. The van der Waals surface area contributed by atoms with E-state index in [0.29, 0.717) is 25.2 Å². The van der Waals surface area contributed by atoms with E-state index in [9.17, 15) is 15.2 Å². The molecular weight excluding hydrogens is 210 g/mol. The second-order valence-electron chi connectivity index (χ2n) is 4.29. The second kappa shape index (κ2) is 3.71. The highest BCUT2D eigenvalue weighted by atomic mass is 16.6. The molecule has 1 fully saturated rings. The van der Waals surface area contributed by atoms with Crippen LogP contribution in [0, 0.1) is 10.1 Å².